The van der Waals surface area contributed by atoms with Crippen molar-refractivity contribution in [2.45, 2.75) is 31.8 Å². The van der Waals surface area contributed by atoms with Crippen LogP contribution in [0.4, 0.5) is 0 Å². The SMILES string of the molecule is CC1(C)OC[C@H](COCCOC[C@@H]2CO2)O1. The zero-order chi connectivity index (χ0) is 11.4. The Morgan fingerprint density at radius 2 is 1.69 bits per heavy atom. The fourth-order valence-corrected chi connectivity index (χ4v) is 1.56. The molecule has 0 aromatic rings. The van der Waals surface area contributed by atoms with E-state index in [4.69, 9.17) is 23.7 Å². The molecule has 2 heterocycles. The molecule has 0 N–H and O–H groups in total. The molecule has 2 fully saturated rings. The summed E-state index contributed by atoms with van der Waals surface area (Å²) in [6.45, 7) is 7.69. The largest absolute Gasteiger partial charge is 0.376 e. The number of rotatable bonds is 7. The van der Waals surface area contributed by atoms with E-state index in [2.05, 4.69) is 0 Å². The van der Waals surface area contributed by atoms with E-state index < -0.39 is 5.79 Å². The zero-order valence-corrected chi connectivity index (χ0v) is 9.94. The van der Waals surface area contributed by atoms with E-state index in [-0.39, 0.29) is 6.10 Å². The molecule has 0 aromatic heterocycles. The van der Waals surface area contributed by atoms with Crippen LogP contribution in [0.2, 0.25) is 0 Å². The van der Waals surface area contributed by atoms with Gasteiger partial charge in [0.2, 0.25) is 0 Å². The lowest BCUT2D eigenvalue weighted by molar-refractivity contribution is -0.145. The summed E-state index contributed by atoms with van der Waals surface area (Å²) in [5.74, 6) is -0.464. The van der Waals surface area contributed by atoms with Crippen molar-refractivity contribution in [3.8, 4) is 0 Å². The minimum atomic E-state index is -0.464. The van der Waals surface area contributed by atoms with Crippen molar-refractivity contribution in [2.24, 2.45) is 0 Å². The van der Waals surface area contributed by atoms with Crippen LogP contribution in [0.1, 0.15) is 13.8 Å². The maximum absolute atomic E-state index is 5.60. The van der Waals surface area contributed by atoms with Crippen LogP contribution in [-0.4, -0.2) is 57.6 Å². The van der Waals surface area contributed by atoms with Gasteiger partial charge in [0.1, 0.15) is 12.2 Å². The average molecular weight is 232 g/mol. The molecule has 5 nitrogen and oxygen atoms in total. The minimum Gasteiger partial charge on any atom is -0.376 e. The standard InChI is InChI=1S/C11H20O5/c1-11(2)15-8-10(16-11)6-13-4-3-12-5-9-7-14-9/h9-10H,3-8H2,1-2H3/t9-,10+/m1/s1. The lowest BCUT2D eigenvalue weighted by Gasteiger charge is -2.17. The van der Waals surface area contributed by atoms with Gasteiger partial charge in [-0.05, 0) is 13.8 Å². The van der Waals surface area contributed by atoms with E-state index in [1.165, 1.54) is 0 Å². The van der Waals surface area contributed by atoms with Crippen LogP contribution >= 0.6 is 0 Å². The summed E-state index contributed by atoms with van der Waals surface area (Å²) in [4.78, 5) is 0. The zero-order valence-electron chi connectivity index (χ0n) is 9.94. The summed E-state index contributed by atoms with van der Waals surface area (Å²) >= 11 is 0. The van der Waals surface area contributed by atoms with Gasteiger partial charge in [-0.15, -0.1) is 0 Å². The highest BCUT2D eigenvalue weighted by molar-refractivity contribution is 4.70. The second-order valence-corrected chi connectivity index (χ2v) is 4.56. The van der Waals surface area contributed by atoms with Crippen molar-refractivity contribution in [3.05, 3.63) is 0 Å². The summed E-state index contributed by atoms with van der Waals surface area (Å²) in [6.07, 6.45) is 0.370. The van der Waals surface area contributed by atoms with Crippen molar-refractivity contribution < 1.29 is 23.7 Å². The van der Waals surface area contributed by atoms with Gasteiger partial charge in [-0.3, -0.25) is 0 Å². The highest BCUT2D eigenvalue weighted by Crippen LogP contribution is 2.22. The Balaban J connectivity index is 1.42. The van der Waals surface area contributed by atoms with Crippen LogP contribution in [-0.2, 0) is 23.7 Å². The second kappa shape index (κ2) is 5.42. The molecule has 0 unspecified atom stereocenters. The molecule has 0 bridgehead atoms. The highest BCUT2D eigenvalue weighted by atomic mass is 16.7. The van der Waals surface area contributed by atoms with Crippen LogP contribution in [0.15, 0.2) is 0 Å². The van der Waals surface area contributed by atoms with E-state index in [1.54, 1.807) is 0 Å². The number of hydrogen-bond acceptors (Lipinski definition) is 5. The normalized spacial score (nSPS) is 31.9. The number of hydrogen-bond donors (Lipinski definition) is 0. The first-order chi connectivity index (χ1) is 7.66. The molecular formula is C11H20O5. The van der Waals surface area contributed by atoms with E-state index >= 15 is 0 Å². The fraction of sp³-hybridized carbons (Fsp3) is 1.00. The molecule has 0 aromatic carbocycles. The monoisotopic (exact) mass is 232 g/mol. The van der Waals surface area contributed by atoms with Gasteiger partial charge >= 0.3 is 0 Å². The third-order valence-corrected chi connectivity index (χ3v) is 2.45. The Bertz CT molecular complexity index is 214. The summed E-state index contributed by atoms with van der Waals surface area (Å²) in [7, 11) is 0. The second-order valence-electron chi connectivity index (χ2n) is 4.56. The van der Waals surface area contributed by atoms with Crippen molar-refractivity contribution in [2.75, 3.05) is 39.6 Å². The molecule has 2 aliphatic heterocycles. The van der Waals surface area contributed by atoms with Crippen molar-refractivity contribution in [1.82, 2.24) is 0 Å². The van der Waals surface area contributed by atoms with Gasteiger partial charge in [-0.25, -0.2) is 0 Å². The van der Waals surface area contributed by atoms with Gasteiger partial charge in [0.15, 0.2) is 5.79 Å². The van der Waals surface area contributed by atoms with Crippen LogP contribution < -0.4 is 0 Å². The maximum atomic E-state index is 5.60. The lowest BCUT2D eigenvalue weighted by atomic mass is 10.4. The molecule has 2 saturated heterocycles. The quantitative estimate of drug-likeness (QED) is 0.474. The molecule has 2 atom stereocenters. The average Bonchev–Trinajstić information content (AvgIpc) is 2.97. The molecule has 0 spiro atoms. The summed E-state index contributed by atoms with van der Waals surface area (Å²) < 4.78 is 26.8. The number of epoxide rings is 1. The van der Waals surface area contributed by atoms with Crippen LogP contribution in [0.5, 0.6) is 0 Å². The Hall–Kier alpha value is -0.200. The van der Waals surface area contributed by atoms with Gasteiger partial charge in [0.25, 0.3) is 0 Å². The summed E-state index contributed by atoms with van der Waals surface area (Å²) in [6, 6.07) is 0. The topological polar surface area (TPSA) is 49.5 Å². The van der Waals surface area contributed by atoms with Gasteiger partial charge in [0, 0.05) is 0 Å². The first-order valence-electron chi connectivity index (χ1n) is 5.74. The molecular weight excluding hydrogens is 212 g/mol. The smallest absolute Gasteiger partial charge is 0.163 e. The van der Waals surface area contributed by atoms with E-state index in [9.17, 15) is 0 Å². The predicted molar refractivity (Wildman–Crippen MR) is 56.3 cm³/mol. The van der Waals surface area contributed by atoms with Gasteiger partial charge in [-0.2, -0.15) is 0 Å². The number of ether oxygens (including phenoxy) is 5. The lowest BCUT2D eigenvalue weighted by Crippen LogP contribution is -2.24. The fourth-order valence-electron chi connectivity index (χ4n) is 1.56. The maximum Gasteiger partial charge on any atom is 0.163 e. The third kappa shape index (κ3) is 4.35. The molecule has 94 valence electrons. The molecule has 0 amide bonds. The summed E-state index contributed by atoms with van der Waals surface area (Å²) in [5, 5.41) is 0. The Kier molecular flexibility index (Phi) is 4.16. The van der Waals surface area contributed by atoms with Crippen molar-refractivity contribution >= 4 is 0 Å². The van der Waals surface area contributed by atoms with E-state index in [0.717, 1.165) is 6.61 Å². The molecule has 2 rings (SSSR count). The molecule has 2 aliphatic rings. The highest BCUT2D eigenvalue weighted by Gasteiger charge is 2.32. The molecule has 0 saturated carbocycles. The Morgan fingerprint density at radius 1 is 1.06 bits per heavy atom. The Morgan fingerprint density at radius 3 is 2.19 bits per heavy atom. The van der Waals surface area contributed by atoms with Gasteiger partial charge in [0.05, 0.1) is 39.6 Å². The summed E-state index contributed by atoms with van der Waals surface area (Å²) in [5.41, 5.74) is 0. The first kappa shape index (κ1) is 12.3. The van der Waals surface area contributed by atoms with Gasteiger partial charge < -0.3 is 23.7 Å². The molecule has 16 heavy (non-hydrogen) atoms. The van der Waals surface area contributed by atoms with Gasteiger partial charge in [-0.1, -0.05) is 0 Å². The van der Waals surface area contributed by atoms with Crippen LogP contribution in [0, 0.1) is 0 Å². The predicted octanol–water partition coefficient (Wildman–Crippen LogP) is 0.570. The first-order valence-corrected chi connectivity index (χ1v) is 5.74. The van der Waals surface area contributed by atoms with E-state index in [0.29, 0.717) is 39.1 Å². The minimum absolute atomic E-state index is 0.0433. The van der Waals surface area contributed by atoms with Crippen LogP contribution in [0.25, 0.3) is 0 Å². The van der Waals surface area contributed by atoms with Crippen LogP contribution in [0.3, 0.4) is 0 Å². The Labute approximate surface area is 95.9 Å². The molecule has 0 aliphatic carbocycles. The molecule has 0 radical (unpaired) electrons. The van der Waals surface area contributed by atoms with Crippen molar-refractivity contribution in [1.29, 1.82) is 0 Å². The van der Waals surface area contributed by atoms with Crippen molar-refractivity contribution in [3.63, 3.8) is 0 Å². The molecule has 5 heteroatoms. The van der Waals surface area contributed by atoms with E-state index in [1.807, 2.05) is 13.8 Å². The third-order valence-electron chi connectivity index (χ3n) is 2.45.